The Morgan fingerprint density at radius 3 is 2.47 bits per heavy atom. The zero-order chi connectivity index (χ0) is 10.8. The van der Waals surface area contributed by atoms with Crippen LogP contribution in [-0.4, -0.2) is 4.98 Å². The molecule has 1 aromatic heterocycles. The number of nitrogens with one attached hydrogen (secondary N) is 1. The van der Waals surface area contributed by atoms with Gasteiger partial charge in [0, 0.05) is 17.3 Å². The number of benzene rings is 1. The summed E-state index contributed by atoms with van der Waals surface area (Å²) in [6.07, 6.45) is 1.43. The molecule has 0 spiro atoms. The first-order valence-electron chi connectivity index (χ1n) is 4.32. The van der Waals surface area contributed by atoms with Crippen LogP contribution in [0.15, 0.2) is 41.3 Å². The molecular formula is C11H7F2NO. The maximum Gasteiger partial charge on any atom is 0.255 e. The van der Waals surface area contributed by atoms with Gasteiger partial charge in [-0.05, 0) is 18.2 Å². The van der Waals surface area contributed by atoms with Crippen molar-refractivity contribution in [3.8, 4) is 11.1 Å². The summed E-state index contributed by atoms with van der Waals surface area (Å²) < 4.78 is 26.2. The van der Waals surface area contributed by atoms with E-state index in [9.17, 15) is 13.6 Å². The molecule has 0 aliphatic rings. The third-order valence-electron chi connectivity index (χ3n) is 2.06. The molecule has 1 N–H and O–H groups in total. The molecule has 1 aromatic carbocycles. The molecule has 0 bridgehead atoms. The van der Waals surface area contributed by atoms with Crippen molar-refractivity contribution in [2.24, 2.45) is 0 Å². The van der Waals surface area contributed by atoms with Gasteiger partial charge >= 0.3 is 0 Å². The Bertz CT molecular complexity index is 548. The van der Waals surface area contributed by atoms with Crippen LogP contribution >= 0.6 is 0 Å². The van der Waals surface area contributed by atoms with Crippen molar-refractivity contribution in [2.75, 3.05) is 0 Å². The van der Waals surface area contributed by atoms with Crippen LogP contribution in [0, 0.1) is 11.6 Å². The fourth-order valence-corrected chi connectivity index (χ4v) is 1.35. The van der Waals surface area contributed by atoms with Gasteiger partial charge < -0.3 is 4.98 Å². The van der Waals surface area contributed by atoms with E-state index in [1.807, 2.05) is 0 Å². The van der Waals surface area contributed by atoms with Crippen molar-refractivity contribution in [3.05, 3.63) is 58.5 Å². The van der Waals surface area contributed by atoms with Crippen LogP contribution in [0.2, 0.25) is 0 Å². The number of halogens is 2. The molecule has 1 heterocycles. The average Bonchev–Trinajstić information content (AvgIpc) is 2.23. The SMILES string of the molecule is O=c1[nH]cccc1-c1cccc(F)c1F. The van der Waals surface area contributed by atoms with Crippen LogP contribution in [-0.2, 0) is 0 Å². The number of rotatable bonds is 1. The first-order valence-corrected chi connectivity index (χ1v) is 4.32. The molecule has 0 saturated heterocycles. The minimum absolute atomic E-state index is 0.0307. The lowest BCUT2D eigenvalue weighted by Crippen LogP contribution is -2.08. The van der Waals surface area contributed by atoms with E-state index in [0.29, 0.717) is 0 Å². The van der Waals surface area contributed by atoms with Crippen LogP contribution in [0.25, 0.3) is 11.1 Å². The van der Waals surface area contributed by atoms with E-state index in [1.165, 1.54) is 24.4 Å². The zero-order valence-electron chi connectivity index (χ0n) is 7.63. The van der Waals surface area contributed by atoms with Gasteiger partial charge in [-0.15, -0.1) is 0 Å². The molecule has 0 atom stereocenters. The van der Waals surface area contributed by atoms with Crippen molar-refractivity contribution >= 4 is 0 Å². The van der Waals surface area contributed by atoms with Gasteiger partial charge in [-0.1, -0.05) is 12.1 Å². The van der Waals surface area contributed by atoms with Gasteiger partial charge in [-0.25, -0.2) is 8.78 Å². The number of aromatic amines is 1. The second kappa shape index (κ2) is 3.65. The number of hydrogen-bond acceptors (Lipinski definition) is 1. The minimum Gasteiger partial charge on any atom is -0.329 e. The van der Waals surface area contributed by atoms with Crippen LogP contribution in [0.4, 0.5) is 8.78 Å². The topological polar surface area (TPSA) is 32.9 Å². The van der Waals surface area contributed by atoms with Crippen LogP contribution in [0.3, 0.4) is 0 Å². The highest BCUT2D eigenvalue weighted by Crippen LogP contribution is 2.20. The quantitative estimate of drug-likeness (QED) is 0.764. The van der Waals surface area contributed by atoms with Crippen molar-refractivity contribution in [3.63, 3.8) is 0 Å². The highest BCUT2D eigenvalue weighted by molar-refractivity contribution is 5.62. The maximum absolute atomic E-state index is 13.3. The largest absolute Gasteiger partial charge is 0.329 e. The van der Waals surface area contributed by atoms with E-state index in [1.54, 1.807) is 6.07 Å². The number of H-pyrrole nitrogens is 1. The molecule has 2 nitrogen and oxygen atoms in total. The summed E-state index contributed by atoms with van der Waals surface area (Å²) in [7, 11) is 0. The lowest BCUT2D eigenvalue weighted by Gasteiger charge is -2.02. The fourth-order valence-electron chi connectivity index (χ4n) is 1.35. The molecule has 15 heavy (non-hydrogen) atoms. The van der Waals surface area contributed by atoms with Gasteiger partial charge in [0.2, 0.25) is 0 Å². The third-order valence-corrected chi connectivity index (χ3v) is 2.06. The third kappa shape index (κ3) is 1.66. The summed E-state index contributed by atoms with van der Waals surface area (Å²) in [5.41, 5.74) is -0.353. The van der Waals surface area contributed by atoms with Gasteiger partial charge in [-0.3, -0.25) is 4.79 Å². The average molecular weight is 207 g/mol. The molecule has 0 unspecified atom stereocenters. The molecule has 76 valence electrons. The monoisotopic (exact) mass is 207 g/mol. The Hall–Kier alpha value is -1.97. The van der Waals surface area contributed by atoms with Crippen LogP contribution in [0.1, 0.15) is 0 Å². The molecule has 2 rings (SSSR count). The van der Waals surface area contributed by atoms with Crippen molar-refractivity contribution in [1.82, 2.24) is 4.98 Å². The van der Waals surface area contributed by atoms with Gasteiger partial charge in [0.15, 0.2) is 11.6 Å². The Morgan fingerprint density at radius 2 is 1.73 bits per heavy atom. The maximum atomic E-state index is 13.3. The molecule has 0 radical (unpaired) electrons. The number of pyridine rings is 1. The van der Waals surface area contributed by atoms with E-state index >= 15 is 0 Å². The molecule has 0 aliphatic carbocycles. The summed E-state index contributed by atoms with van der Waals surface area (Å²) in [6, 6.07) is 6.73. The Kier molecular flexibility index (Phi) is 2.33. The summed E-state index contributed by atoms with van der Waals surface area (Å²) in [5, 5.41) is 0. The summed E-state index contributed by atoms with van der Waals surface area (Å²) >= 11 is 0. The zero-order valence-corrected chi connectivity index (χ0v) is 7.63. The van der Waals surface area contributed by atoms with E-state index in [0.717, 1.165) is 6.07 Å². The lowest BCUT2D eigenvalue weighted by atomic mass is 10.1. The van der Waals surface area contributed by atoms with Crippen molar-refractivity contribution in [1.29, 1.82) is 0 Å². The normalized spacial score (nSPS) is 10.3. The number of aromatic nitrogens is 1. The highest BCUT2D eigenvalue weighted by Gasteiger charge is 2.11. The lowest BCUT2D eigenvalue weighted by molar-refractivity contribution is 0.511. The van der Waals surface area contributed by atoms with Gasteiger partial charge in [0.05, 0.1) is 0 Å². The fraction of sp³-hybridized carbons (Fsp3) is 0. The Balaban J connectivity index is 2.70. The molecule has 0 fully saturated rings. The summed E-state index contributed by atoms with van der Waals surface area (Å²) in [6.45, 7) is 0. The highest BCUT2D eigenvalue weighted by atomic mass is 19.2. The summed E-state index contributed by atoms with van der Waals surface area (Å²) in [4.78, 5) is 13.7. The van der Waals surface area contributed by atoms with Gasteiger partial charge in [-0.2, -0.15) is 0 Å². The van der Waals surface area contributed by atoms with E-state index in [-0.39, 0.29) is 11.1 Å². The predicted molar refractivity (Wildman–Crippen MR) is 52.4 cm³/mol. The first-order chi connectivity index (χ1) is 7.20. The van der Waals surface area contributed by atoms with E-state index in [2.05, 4.69) is 4.98 Å². The first kappa shape index (κ1) is 9.58. The molecule has 0 amide bonds. The van der Waals surface area contributed by atoms with Gasteiger partial charge in [0.25, 0.3) is 5.56 Å². The summed E-state index contributed by atoms with van der Waals surface area (Å²) in [5.74, 6) is -1.97. The molecular weight excluding hydrogens is 200 g/mol. The van der Waals surface area contributed by atoms with E-state index in [4.69, 9.17) is 0 Å². The van der Waals surface area contributed by atoms with Crippen molar-refractivity contribution < 1.29 is 8.78 Å². The second-order valence-electron chi connectivity index (χ2n) is 3.01. The minimum atomic E-state index is -1.01. The van der Waals surface area contributed by atoms with Gasteiger partial charge in [0.1, 0.15) is 0 Å². The van der Waals surface area contributed by atoms with Crippen LogP contribution < -0.4 is 5.56 Å². The Morgan fingerprint density at radius 1 is 1.00 bits per heavy atom. The second-order valence-corrected chi connectivity index (χ2v) is 3.01. The standard InChI is InChI=1S/C11H7F2NO/c12-9-5-1-3-7(10(9)13)8-4-2-6-14-11(8)15/h1-6H,(H,14,15). The molecule has 4 heteroatoms. The Labute approximate surface area is 84.2 Å². The van der Waals surface area contributed by atoms with Crippen LogP contribution in [0.5, 0.6) is 0 Å². The van der Waals surface area contributed by atoms with E-state index < -0.39 is 17.2 Å². The number of hydrogen-bond donors (Lipinski definition) is 1. The van der Waals surface area contributed by atoms with Crippen molar-refractivity contribution in [2.45, 2.75) is 0 Å². The smallest absolute Gasteiger partial charge is 0.255 e. The molecule has 0 saturated carbocycles. The predicted octanol–water partition coefficient (Wildman–Crippen LogP) is 2.32. The molecule has 0 aliphatic heterocycles. The molecule has 2 aromatic rings.